The van der Waals surface area contributed by atoms with Crippen molar-refractivity contribution in [2.75, 3.05) is 13.2 Å². The molecule has 0 aromatic heterocycles. The van der Waals surface area contributed by atoms with Crippen molar-refractivity contribution in [3.63, 3.8) is 0 Å². The molecule has 1 N–H and O–H groups in total. The molecule has 5 aliphatic rings. The lowest BCUT2D eigenvalue weighted by atomic mass is 9.45. The monoisotopic (exact) mass is 584 g/mol. The Labute approximate surface area is 235 Å². The number of hydrogen-bond acceptors (Lipinski definition) is 12. The number of ketones is 1. The molecule has 228 valence electrons. The van der Waals surface area contributed by atoms with Crippen LogP contribution in [0.5, 0.6) is 0 Å². The zero-order valence-corrected chi connectivity index (χ0v) is 23.5. The van der Waals surface area contributed by atoms with E-state index >= 15 is 0 Å². The van der Waals surface area contributed by atoms with E-state index in [1.807, 2.05) is 6.92 Å². The van der Waals surface area contributed by atoms with Crippen LogP contribution >= 0.6 is 0 Å². The minimum atomic E-state index is -2.23. The first-order chi connectivity index (χ1) is 19.0. The average molecular weight is 585 g/mol. The van der Waals surface area contributed by atoms with Gasteiger partial charge in [-0.25, -0.2) is 0 Å². The third-order valence-corrected chi connectivity index (χ3v) is 11.1. The van der Waals surface area contributed by atoms with E-state index in [9.17, 15) is 40.3 Å². The summed E-state index contributed by atoms with van der Waals surface area (Å²) in [5, 5.41) is 45.8. The standard InChI is InChI=1S/C25H36N4O12/c1-21(2)13-38-25(26(21)31,14-39-27(32)33)24(41-29(36)37)10-8-18-17-6-5-15-11-16(30)7-9-22(15,3)20(17)19(40-28(34)35)12-23(18,24)4/h11,17-20,26H,5-10,12-14H2,1-4H3/t17?,18?,19?,20?,22-,23-,24+,25?/m0/s1. The number of quaternary nitrogens is 1. The average Bonchev–Trinajstić information content (AvgIpc) is 3.28. The maximum Gasteiger partial charge on any atom is 0.295 e. The van der Waals surface area contributed by atoms with Gasteiger partial charge in [0.15, 0.2) is 12.4 Å². The molecule has 3 saturated carbocycles. The van der Waals surface area contributed by atoms with Crippen molar-refractivity contribution in [1.82, 2.24) is 0 Å². The van der Waals surface area contributed by atoms with Crippen LogP contribution in [0.25, 0.3) is 0 Å². The van der Waals surface area contributed by atoms with Gasteiger partial charge in [0, 0.05) is 11.8 Å². The molecule has 4 aliphatic carbocycles. The second-order valence-electron chi connectivity index (χ2n) is 13.4. The molecule has 16 nitrogen and oxygen atoms in total. The van der Waals surface area contributed by atoms with Gasteiger partial charge in [0.1, 0.15) is 18.2 Å². The van der Waals surface area contributed by atoms with Gasteiger partial charge in [-0.15, -0.1) is 30.3 Å². The van der Waals surface area contributed by atoms with Crippen LogP contribution in [0.1, 0.15) is 72.6 Å². The Hall–Kier alpha value is -3.11. The lowest BCUT2D eigenvalue weighted by molar-refractivity contribution is -0.979. The fraction of sp³-hybridized carbons (Fsp3) is 0.880. The largest absolute Gasteiger partial charge is 0.632 e. The molecule has 0 bridgehead atoms. The molecule has 6 unspecified atom stereocenters. The van der Waals surface area contributed by atoms with Crippen molar-refractivity contribution in [3.05, 3.63) is 47.2 Å². The van der Waals surface area contributed by atoms with Gasteiger partial charge in [0.05, 0.1) is 0 Å². The van der Waals surface area contributed by atoms with Gasteiger partial charge in [-0.2, -0.15) is 0 Å². The van der Waals surface area contributed by atoms with Crippen LogP contribution in [0.15, 0.2) is 11.6 Å². The molecule has 0 aromatic carbocycles. The fourth-order valence-electron chi connectivity index (χ4n) is 9.51. The Balaban J connectivity index is 1.68. The van der Waals surface area contributed by atoms with E-state index in [1.165, 1.54) is 0 Å². The van der Waals surface area contributed by atoms with Crippen LogP contribution in [0.3, 0.4) is 0 Å². The minimum absolute atomic E-state index is 0.00910. The van der Waals surface area contributed by atoms with E-state index in [1.54, 1.807) is 26.8 Å². The van der Waals surface area contributed by atoms with Gasteiger partial charge in [0.25, 0.3) is 21.0 Å². The Morgan fingerprint density at radius 1 is 1.02 bits per heavy atom. The van der Waals surface area contributed by atoms with Gasteiger partial charge in [-0.3, -0.25) is 9.63 Å². The first-order valence-corrected chi connectivity index (χ1v) is 13.9. The summed E-state index contributed by atoms with van der Waals surface area (Å²) in [6.45, 7) is 5.73. The number of rotatable bonds is 8. The van der Waals surface area contributed by atoms with E-state index in [4.69, 9.17) is 19.2 Å². The summed E-state index contributed by atoms with van der Waals surface area (Å²) >= 11 is 0. The molecular weight excluding hydrogens is 548 g/mol. The molecule has 0 aromatic rings. The van der Waals surface area contributed by atoms with E-state index in [-0.39, 0.29) is 43.0 Å². The summed E-state index contributed by atoms with van der Waals surface area (Å²) in [4.78, 5) is 63.2. The number of carbonyl (C=O) groups excluding carboxylic acids is 1. The predicted octanol–water partition coefficient (Wildman–Crippen LogP) is 1.75. The third kappa shape index (κ3) is 4.08. The Kier molecular flexibility index (Phi) is 6.78. The van der Waals surface area contributed by atoms with Crippen LogP contribution in [-0.4, -0.2) is 57.2 Å². The van der Waals surface area contributed by atoms with Gasteiger partial charge < -0.3 is 24.7 Å². The van der Waals surface area contributed by atoms with E-state index in [0.717, 1.165) is 5.57 Å². The highest BCUT2D eigenvalue weighted by atomic mass is 17.0. The number of nitrogens with one attached hydrogen (secondary N) is 1. The molecule has 9 atom stereocenters. The smallest absolute Gasteiger partial charge is 0.295 e. The molecule has 1 aliphatic heterocycles. The van der Waals surface area contributed by atoms with Gasteiger partial charge >= 0.3 is 0 Å². The number of allylic oxidation sites excluding steroid dienone is 1. The van der Waals surface area contributed by atoms with E-state index in [0.29, 0.717) is 32.1 Å². The van der Waals surface area contributed by atoms with Crippen molar-refractivity contribution >= 4 is 5.78 Å². The highest BCUT2D eigenvalue weighted by molar-refractivity contribution is 5.91. The number of carbonyl (C=O) groups is 1. The number of nitrogens with zero attached hydrogens (tertiary/aromatic N) is 3. The second kappa shape index (κ2) is 9.46. The molecular formula is C25H36N4O12. The molecule has 4 fully saturated rings. The van der Waals surface area contributed by atoms with Crippen molar-refractivity contribution in [2.24, 2.45) is 28.6 Å². The summed E-state index contributed by atoms with van der Waals surface area (Å²) in [6.07, 6.45) is 2.67. The summed E-state index contributed by atoms with van der Waals surface area (Å²) in [5.74, 6) is -0.935. The van der Waals surface area contributed by atoms with Crippen molar-refractivity contribution < 1.29 is 44.4 Å². The second-order valence-corrected chi connectivity index (χ2v) is 13.4. The summed E-state index contributed by atoms with van der Waals surface area (Å²) < 4.78 is 6.06. The predicted molar refractivity (Wildman–Crippen MR) is 135 cm³/mol. The Morgan fingerprint density at radius 3 is 2.32 bits per heavy atom. The van der Waals surface area contributed by atoms with Crippen LogP contribution in [-0.2, 0) is 24.0 Å². The lowest BCUT2D eigenvalue weighted by Gasteiger charge is -2.63. The van der Waals surface area contributed by atoms with Gasteiger partial charge in [0.2, 0.25) is 5.60 Å². The maximum absolute atomic E-state index is 14.1. The third-order valence-electron chi connectivity index (χ3n) is 11.1. The molecule has 1 saturated heterocycles. The fourth-order valence-corrected chi connectivity index (χ4v) is 9.51. The Bertz CT molecular complexity index is 1200. The normalized spacial score (nSPS) is 44.6. The highest BCUT2D eigenvalue weighted by Gasteiger charge is 2.80. The van der Waals surface area contributed by atoms with Crippen LogP contribution < -0.4 is 5.06 Å². The Morgan fingerprint density at radius 2 is 1.73 bits per heavy atom. The van der Waals surface area contributed by atoms with Crippen LogP contribution in [0.2, 0.25) is 0 Å². The number of hydroxylamine groups is 2. The van der Waals surface area contributed by atoms with E-state index < -0.39 is 60.7 Å². The molecule has 0 amide bonds. The zero-order chi connectivity index (χ0) is 30.2. The number of ether oxygens (including phenoxy) is 1. The van der Waals surface area contributed by atoms with Crippen molar-refractivity contribution in [1.29, 1.82) is 0 Å². The molecule has 0 radical (unpaired) electrons. The lowest BCUT2D eigenvalue weighted by Crippen LogP contribution is -3.24. The molecule has 1 heterocycles. The molecule has 0 spiro atoms. The van der Waals surface area contributed by atoms with Gasteiger partial charge in [-0.05, 0) is 81.6 Å². The molecule has 5 rings (SSSR count). The first kappa shape index (κ1) is 29.4. The van der Waals surface area contributed by atoms with E-state index in [2.05, 4.69) is 0 Å². The van der Waals surface area contributed by atoms with Crippen molar-refractivity contribution in [2.45, 2.75) is 95.6 Å². The quantitative estimate of drug-likeness (QED) is 0.246. The van der Waals surface area contributed by atoms with Crippen LogP contribution in [0.4, 0.5) is 0 Å². The first-order valence-electron chi connectivity index (χ1n) is 13.9. The van der Waals surface area contributed by atoms with Crippen LogP contribution in [0, 0.1) is 64.1 Å². The summed E-state index contributed by atoms with van der Waals surface area (Å²) in [6, 6.07) is 0. The summed E-state index contributed by atoms with van der Waals surface area (Å²) in [5.41, 5.74) is -6.41. The highest BCUT2D eigenvalue weighted by Crippen LogP contribution is 2.70. The maximum atomic E-state index is 14.1. The summed E-state index contributed by atoms with van der Waals surface area (Å²) in [7, 11) is 0. The molecule has 41 heavy (non-hydrogen) atoms. The SMILES string of the molecule is CC1(C)COC(CO[N+](=O)[O-])([C@@]2(O[N+](=O)[O-])CCC3C4CCC5=CC(=O)CC[C@]5(C)C4C(O[N+](=O)[O-])C[C@@]32C)[NH+]1[O-]. The number of fused-ring (bicyclic) bond motifs is 5. The molecule has 16 heteroatoms. The van der Waals surface area contributed by atoms with Gasteiger partial charge in [-0.1, -0.05) is 19.4 Å². The zero-order valence-electron chi connectivity index (χ0n) is 23.5. The minimum Gasteiger partial charge on any atom is -0.632 e. The number of hydrogen-bond donors (Lipinski definition) is 1. The topological polar surface area (TPSA) is 211 Å². The van der Waals surface area contributed by atoms with Crippen molar-refractivity contribution in [3.8, 4) is 0 Å².